The maximum absolute atomic E-state index is 12.4. The standard InChI is InChI=1S/C19H21N5O3S/c1-3-27-14-6-4-13(5-7-14)16-9-28-18(20-16)21-17(25)15-8-24(23-22-15)10-19(2)11-26-12-19/h4-9H,3,10-12H2,1-2H3,(H,20,21,25). The smallest absolute Gasteiger partial charge is 0.279 e. The predicted molar refractivity (Wildman–Crippen MR) is 106 cm³/mol. The average Bonchev–Trinajstić information content (AvgIpc) is 3.31. The van der Waals surface area contributed by atoms with Gasteiger partial charge >= 0.3 is 0 Å². The van der Waals surface area contributed by atoms with Gasteiger partial charge in [-0.3, -0.25) is 14.8 Å². The molecule has 8 nitrogen and oxygen atoms in total. The summed E-state index contributed by atoms with van der Waals surface area (Å²) in [5.41, 5.74) is 2.08. The molecule has 3 heterocycles. The zero-order valence-corrected chi connectivity index (χ0v) is 16.5. The van der Waals surface area contributed by atoms with Crippen LogP contribution in [0.4, 0.5) is 5.13 Å². The molecule has 0 bridgehead atoms. The molecule has 28 heavy (non-hydrogen) atoms. The van der Waals surface area contributed by atoms with Gasteiger partial charge in [-0.2, -0.15) is 0 Å². The van der Waals surface area contributed by atoms with E-state index in [1.807, 2.05) is 36.6 Å². The van der Waals surface area contributed by atoms with Crippen molar-refractivity contribution < 1.29 is 14.3 Å². The van der Waals surface area contributed by atoms with Crippen molar-refractivity contribution in [2.75, 3.05) is 25.1 Å². The van der Waals surface area contributed by atoms with Crippen molar-refractivity contribution in [2.45, 2.75) is 20.4 Å². The summed E-state index contributed by atoms with van der Waals surface area (Å²) in [6, 6.07) is 7.70. The van der Waals surface area contributed by atoms with Crippen molar-refractivity contribution in [3.63, 3.8) is 0 Å². The monoisotopic (exact) mass is 399 g/mol. The van der Waals surface area contributed by atoms with E-state index in [4.69, 9.17) is 9.47 Å². The van der Waals surface area contributed by atoms with Crippen LogP contribution in [0.5, 0.6) is 5.75 Å². The fraction of sp³-hybridized carbons (Fsp3) is 0.368. The second kappa shape index (κ2) is 7.69. The van der Waals surface area contributed by atoms with Crippen LogP contribution in [0, 0.1) is 5.41 Å². The summed E-state index contributed by atoms with van der Waals surface area (Å²) in [5, 5.41) is 13.2. The molecule has 1 aliphatic rings. The van der Waals surface area contributed by atoms with Crippen LogP contribution >= 0.6 is 11.3 Å². The van der Waals surface area contributed by atoms with E-state index in [1.54, 1.807) is 10.9 Å². The van der Waals surface area contributed by atoms with Crippen LogP contribution in [0.25, 0.3) is 11.3 Å². The lowest BCUT2D eigenvalue weighted by molar-refractivity contribution is -0.111. The molecule has 1 N–H and O–H groups in total. The number of carbonyl (C=O) groups is 1. The molecule has 2 aromatic heterocycles. The lowest BCUT2D eigenvalue weighted by Crippen LogP contribution is -2.43. The highest BCUT2D eigenvalue weighted by atomic mass is 32.1. The van der Waals surface area contributed by atoms with Gasteiger partial charge in [0.25, 0.3) is 5.91 Å². The van der Waals surface area contributed by atoms with Crippen molar-refractivity contribution >= 4 is 22.4 Å². The molecule has 146 valence electrons. The van der Waals surface area contributed by atoms with Crippen LogP contribution in [-0.2, 0) is 11.3 Å². The van der Waals surface area contributed by atoms with Gasteiger partial charge in [-0.05, 0) is 31.2 Å². The van der Waals surface area contributed by atoms with Crippen molar-refractivity contribution in [2.24, 2.45) is 5.41 Å². The highest BCUT2D eigenvalue weighted by molar-refractivity contribution is 7.14. The molecule has 0 atom stereocenters. The highest BCUT2D eigenvalue weighted by Crippen LogP contribution is 2.28. The minimum atomic E-state index is -0.325. The Hall–Kier alpha value is -2.78. The quantitative estimate of drug-likeness (QED) is 0.656. The molecule has 1 amide bonds. The van der Waals surface area contributed by atoms with E-state index in [-0.39, 0.29) is 17.0 Å². The first-order chi connectivity index (χ1) is 13.5. The molecule has 1 saturated heterocycles. The second-order valence-corrected chi connectivity index (χ2v) is 7.91. The number of aromatic nitrogens is 4. The predicted octanol–water partition coefficient (Wildman–Crippen LogP) is 3.09. The lowest BCUT2D eigenvalue weighted by atomic mass is 9.89. The summed E-state index contributed by atoms with van der Waals surface area (Å²) in [6.07, 6.45) is 1.65. The molecule has 3 aromatic rings. The molecule has 1 fully saturated rings. The van der Waals surface area contributed by atoms with Crippen molar-refractivity contribution in [3.05, 3.63) is 41.5 Å². The first-order valence-electron chi connectivity index (χ1n) is 9.03. The van der Waals surface area contributed by atoms with Gasteiger partial charge in [0.1, 0.15) is 5.75 Å². The van der Waals surface area contributed by atoms with Crippen LogP contribution in [0.15, 0.2) is 35.8 Å². The third-order valence-electron chi connectivity index (χ3n) is 4.40. The van der Waals surface area contributed by atoms with Crippen LogP contribution in [0.2, 0.25) is 0 Å². The topological polar surface area (TPSA) is 91.2 Å². The van der Waals surface area contributed by atoms with Crippen molar-refractivity contribution in [1.82, 2.24) is 20.0 Å². The summed E-state index contributed by atoms with van der Waals surface area (Å²) in [4.78, 5) is 16.9. The Morgan fingerprint density at radius 2 is 2.14 bits per heavy atom. The third kappa shape index (κ3) is 4.05. The number of amides is 1. The van der Waals surface area contributed by atoms with Crippen LogP contribution < -0.4 is 10.1 Å². The lowest BCUT2D eigenvalue weighted by Gasteiger charge is -2.37. The van der Waals surface area contributed by atoms with Gasteiger partial charge in [-0.15, -0.1) is 16.4 Å². The number of benzene rings is 1. The minimum Gasteiger partial charge on any atom is -0.494 e. The van der Waals surface area contributed by atoms with Crippen LogP contribution in [0.3, 0.4) is 0 Å². The van der Waals surface area contributed by atoms with E-state index in [0.717, 1.165) is 17.0 Å². The van der Waals surface area contributed by atoms with E-state index < -0.39 is 0 Å². The number of hydrogen-bond acceptors (Lipinski definition) is 7. The maximum atomic E-state index is 12.4. The van der Waals surface area contributed by atoms with Gasteiger partial charge in [0.05, 0.1) is 38.3 Å². The number of rotatable bonds is 7. The summed E-state index contributed by atoms with van der Waals surface area (Å²) in [6.45, 7) is 6.76. The Balaban J connectivity index is 1.39. The number of nitrogens with one attached hydrogen (secondary N) is 1. The number of hydrogen-bond donors (Lipinski definition) is 1. The molecule has 1 aliphatic heterocycles. The van der Waals surface area contributed by atoms with E-state index in [9.17, 15) is 4.79 Å². The van der Waals surface area contributed by atoms with E-state index >= 15 is 0 Å². The molecule has 9 heteroatoms. The number of carbonyl (C=O) groups excluding carboxylic acids is 1. The molecule has 0 unspecified atom stereocenters. The fourth-order valence-corrected chi connectivity index (χ4v) is 3.64. The van der Waals surface area contributed by atoms with Gasteiger partial charge in [-0.1, -0.05) is 12.1 Å². The summed E-state index contributed by atoms with van der Waals surface area (Å²) < 4.78 is 12.4. The third-order valence-corrected chi connectivity index (χ3v) is 5.16. The molecule has 4 rings (SSSR count). The van der Waals surface area contributed by atoms with Gasteiger partial charge in [0.2, 0.25) is 0 Å². The number of thiazole rings is 1. The molecular formula is C19H21N5O3S. The number of anilines is 1. The SMILES string of the molecule is CCOc1ccc(-c2csc(NC(=O)c3cn(CC4(C)COC4)nn3)n2)cc1. The zero-order valence-electron chi connectivity index (χ0n) is 15.7. The fourth-order valence-electron chi connectivity index (χ4n) is 2.93. The maximum Gasteiger partial charge on any atom is 0.279 e. The summed E-state index contributed by atoms with van der Waals surface area (Å²) in [5.74, 6) is 0.495. The molecule has 0 spiro atoms. The summed E-state index contributed by atoms with van der Waals surface area (Å²) in [7, 11) is 0. The number of nitrogens with zero attached hydrogens (tertiary/aromatic N) is 4. The highest BCUT2D eigenvalue weighted by Gasteiger charge is 2.34. The Morgan fingerprint density at radius 3 is 2.82 bits per heavy atom. The van der Waals surface area contributed by atoms with Crippen LogP contribution in [-0.4, -0.2) is 45.7 Å². The van der Waals surface area contributed by atoms with Gasteiger partial charge in [0, 0.05) is 16.4 Å². The Morgan fingerprint density at radius 1 is 1.36 bits per heavy atom. The number of ether oxygens (including phenoxy) is 2. The van der Waals surface area contributed by atoms with Gasteiger partial charge in [0.15, 0.2) is 10.8 Å². The minimum absolute atomic E-state index is 0.0589. The van der Waals surface area contributed by atoms with E-state index in [1.165, 1.54) is 11.3 Å². The Bertz CT molecular complexity index is 962. The van der Waals surface area contributed by atoms with Crippen molar-refractivity contribution in [1.29, 1.82) is 0 Å². The molecule has 0 aliphatic carbocycles. The first kappa shape index (κ1) is 18.6. The summed E-state index contributed by atoms with van der Waals surface area (Å²) >= 11 is 1.37. The molecule has 0 saturated carbocycles. The largest absolute Gasteiger partial charge is 0.494 e. The van der Waals surface area contributed by atoms with E-state index in [0.29, 0.717) is 31.5 Å². The molecule has 1 aromatic carbocycles. The second-order valence-electron chi connectivity index (χ2n) is 7.05. The van der Waals surface area contributed by atoms with Gasteiger partial charge in [-0.25, -0.2) is 4.98 Å². The normalized spacial score (nSPS) is 15.1. The molecular weight excluding hydrogens is 378 g/mol. The van der Waals surface area contributed by atoms with Gasteiger partial charge < -0.3 is 9.47 Å². The Labute approximate surface area is 166 Å². The van der Waals surface area contributed by atoms with Crippen molar-refractivity contribution in [3.8, 4) is 17.0 Å². The Kier molecular flexibility index (Phi) is 5.10. The average molecular weight is 399 g/mol. The zero-order chi connectivity index (χ0) is 19.6. The first-order valence-corrected chi connectivity index (χ1v) is 9.91. The van der Waals surface area contributed by atoms with E-state index in [2.05, 4.69) is 27.5 Å². The molecule has 0 radical (unpaired) electrons. The van der Waals surface area contributed by atoms with Crippen LogP contribution in [0.1, 0.15) is 24.3 Å².